The Morgan fingerprint density at radius 3 is 1.18 bits per heavy atom. The Balaban J connectivity index is 1.35. The molecule has 0 saturated carbocycles. The van der Waals surface area contributed by atoms with Crippen LogP contribution in [-0.4, -0.2) is 0 Å². The summed E-state index contributed by atoms with van der Waals surface area (Å²) in [6.07, 6.45) is 0. The first kappa shape index (κ1) is 18.3. The van der Waals surface area contributed by atoms with Gasteiger partial charge in [0.2, 0.25) is 0 Å². The molecule has 4 aromatic heterocycles. The van der Waals surface area contributed by atoms with Crippen molar-refractivity contribution >= 4 is 127 Å². The van der Waals surface area contributed by atoms with Gasteiger partial charge in [-0.15, -0.1) is 45.3 Å². The number of hydrogen-bond donors (Lipinski definition) is 0. The van der Waals surface area contributed by atoms with E-state index in [-0.39, 0.29) is 0 Å². The summed E-state index contributed by atoms with van der Waals surface area (Å²) in [5.74, 6) is 0. The summed E-state index contributed by atoms with van der Waals surface area (Å²) >= 11 is 7.49. The summed E-state index contributed by atoms with van der Waals surface area (Å²) in [5.41, 5.74) is 0. The van der Waals surface area contributed by atoms with E-state index in [2.05, 4.69) is 83.6 Å². The lowest BCUT2D eigenvalue weighted by molar-refractivity contribution is 1.90. The molecule has 158 valence electrons. The van der Waals surface area contributed by atoms with Crippen LogP contribution in [0.3, 0.4) is 0 Å². The minimum absolute atomic E-state index is 1.33. The highest BCUT2D eigenvalue weighted by molar-refractivity contribution is 7.26. The number of hydrogen-bond acceptors (Lipinski definition) is 4. The van der Waals surface area contributed by atoms with Gasteiger partial charge in [-0.25, -0.2) is 0 Å². The van der Waals surface area contributed by atoms with Gasteiger partial charge in [-0.05, 0) is 116 Å². The largest absolute Gasteiger partial charge is 0.144 e. The molecule has 0 amide bonds. The third-order valence-corrected chi connectivity index (χ3v) is 11.1. The molecule has 0 aliphatic heterocycles. The van der Waals surface area contributed by atoms with Crippen LogP contribution in [0.2, 0.25) is 0 Å². The van der Waals surface area contributed by atoms with Crippen molar-refractivity contribution in [2.24, 2.45) is 0 Å². The van der Waals surface area contributed by atoms with Gasteiger partial charge in [-0.2, -0.15) is 0 Å². The lowest BCUT2D eigenvalue weighted by Crippen LogP contribution is -1.78. The minimum atomic E-state index is 1.33. The SMILES string of the molecule is c1cc2cc3sc4cc5cc6cc7c(cc6cc5cc4c3cc2s1)sc1cc2ccsc2cc17. The molecule has 0 atom stereocenters. The van der Waals surface area contributed by atoms with E-state index >= 15 is 0 Å². The van der Waals surface area contributed by atoms with Crippen molar-refractivity contribution in [1.29, 1.82) is 0 Å². The Kier molecular flexibility index (Phi) is 3.42. The fourth-order valence-corrected chi connectivity index (χ4v) is 9.41. The molecule has 0 saturated heterocycles. The summed E-state index contributed by atoms with van der Waals surface area (Å²) in [6.45, 7) is 0. The molecule has 5 aromatic carbocycles. The van der Waals surface area contributed by atoms with E-state index in [4.69, 9.17) is 0 Å². The van der Waals surface area contributed by atoms with Crippen LogP contribution < -0.4 is 0 Å². The molecular formula is C30H14S4. The van der Waals surface area contributed by atoms with Gasteiger partial charge in [0.15, 0.2) is 0 Å². The molecule has 0 bridgehead atoms. The summed E-state index contributed by atoms with van der Waals surface area (Å²) in [5, 5.41) is 17.9. The fraction of sp³-hybridized carbons (Fsp3) is 0. The predicted molar refractivity (Wildman–Crippen MR) is 158 cm³/mol. The van der Waals surface area contributed by atoms with Gasteiger partial charge in [-0.3, -0.25) is 0 Å². The van der Waals surface area contributed by atoms with Gasteiger partial charge in [0.1, 0.15) is 0 Å². The molecule has 0 aliphatic carbocycles. The third kappa shape index (κ3) is 2.41. The first-order valence-corrected chi connectivity index (χ1v) is 14.6. The van der Waals surface area contributed by atoms with E-state index < -0.39 is 0 Å². The smallest absolute Gasteiger partial charge is 0.0362 e. The zero-order valence-electron chi connectivity index (χ0n) is 17.7. The highest BCUT2D eigenvalue weighted by Crippen LogP contribution is 2.42. The van der Waals surface area contributed by atoms with Crippen LogP contribution in [-0.2, 0) is 0 Å². The zero-order valence-corrected chi connectivity index (χ0v) is 21.0. The molecule has 0 unspecified atom stereocenters. The van der Waals surface area contributed by atoms with Crippen LogP contribution in [0.5, 0.6) is 0 Å². The van der Waals surface area contributed by atoms with Gasteiger partial charge >= 0.3 is 0 Å². The summed E-state index contributed by atoms with van der Waals surface area (Å²) in [6, 6.07) is 28.3. The summed E-state index contributed by atoms with van der Waals surface area (Å²) < 4.78 is 8.26. The van der Waals surface area contributed by atoms with E-state index in [1.807, 2.05) is 45.3 Å². The van der Waals surface area contributed by atoms with Crippen LogP contribution in [0.1, 0.15) is 0 Å². The fourth-order valence-electron chi connectivity index (χ4n) is 5.45. The van der Waals surface area contributed by atoms with Crippen molar-refractivity contribution in [3.05, 3.63) is 83.6 Å². The topological polar surface area (TPSA) is 0 Å². The quantitative estimate of drug-likeness (QED) is 0.181. The van der Waals surface area contributed by atoms with Crippen LogP contribution >= 0.6 is 45.3 Å². The Hall–Kier alpha value is -3.02. The van der Waals surface area contributed by atoms with Gasteiger partial charge in [0, 0.05) is 49.7 Å². The molecule has 34 heavy (non-hydrogen) atoms. The number of fused-ring (bicyclic) bond motifs is 10. The molecule has 0 aliphatic rings. The van der Waals surface area contributed by atoms with Crippen LogP contribution in [0, 0.1) is 0 Å². The molecule has 0 spiro atoms. The lowest BCUT2D eigenvalue weighted by atomic mass is 10.00. The Bertz CT molecular complexity index is 2120. The van der Waals surface area contributed by atoms with Crippen molar-refractivity contribution in [3.8, 4) is 0 Å². The Morgan fingerprint density at radius 2 is 0.706 bits per heavy atom. The van der Waals surface area contributed by atoms with Crippen molar-refractivity contribution < 1.29 is 0 Å². The third-order valence-electron chi connectivity index (χ3n) is 7.12. The first-order valence-electron chi connectivity index (χ1n) is 11.2. The molecule has 4 heteroatoms. The normalized spacial score (nSPS) is 12.7. The molecule has 9 rings (SSSR count). The first-order chi connectivity index (χ1) is 16.8. The molecule has 0 fully saturated rings. The van der Waals surface area contributed by atoms with Crippen LogP contribution in [0.4, 0.5) is 0 Å². The molecular weight excluding hydrogens is 489 g/mol. The Morgan fingerprint density at radius 1 is 0.324 bits per heavy atom. The zero-order chi connectivity index (χ0) is 22.0. The van der Waals surface area contributed by atoms with E-state index in [0.29, 0.717) is 0 Å². The van der Waals surface area contributed by atoms with Gasteiger partial charge in [0.25, 0.3) is 0 Å². The van der Waals surface area contributed by atoms with Crippen LogP contribution in [0.15, 0.2) is 83.6 Å². The highest BCUT2D eigenvalue weighted by atomic mass is 32.1. The van der Waals surface area contributed by atoms with Crippen molar-refractivity contribution in [3.63, 3.8) is 0 Å². The maximum absolute atomic E-state index is 2.41. The number of rotatable bonds is 0. The average Bonchev–Trinajstić information content (AvgIpc) is 3.61. The van der Waals surface area contributed by atoms with E-state index in [0.717, 1.165) is 0 Å². The maximum atomic E-state index is 2.41. The van der Waals surface area contributed by atoms with Gasteiger partial charge in [0.05, 0.1) is 0 Å². The van der Waals surface area contributed by atoms with E-state index in [9.17, 15) is 0 Å². The molecule has 0 N–H and O–H groups in total. The van der Waals surface area contributed by atoms with E-state index in [1.54, 1.807) is 0 Å². The minimum Gasteiger partial charge on any atom is -0.144 e. The van der Waals surface area contributed by atoms with Crippen molar-refractivity contribution in [2.45, 2.75) is 0 Å². The highest BCUT2D eigenvalue weighted by Gasteiger charge is 2.12. The Labute approximate surface area is 209 Å². The predicted octanol–water partition coefficient (Wildman–Crippen LogP) is 11.2. The number of benzene rings is 5. The molecule has 0 nitrogen and oxygen atoms in total. The molecule has 4 heterocycles. The summed E-state index contributed by atoms with van der Waals surface area (Å²) in [4.78, 5) is 0. The van der Waals surface area contributed by atoms with Gasteiger partial charge in [-0.1, -0.05) is 0 Å². The monoisotopic (exact) mass is 502 g/mol. The van der Waals surface area contributed by atoms with Crippen molar-refractivity contribution in [2.75, 3.05) is 0 Å². The average molecular weight is 503 g/mol. The van der Waals surface area contributed by atoms with Gasteiger partial charge < -0.3 is 0 Å². The maximum Gasteiger partial charge on any atom is 0.0362 e. The number of thiophene rings is 4. The second-order valence-electron chi connectivity index (χ2n) is 9.06. The second-order valence-corrected chi connectivity index (χ2v) is 13.1. The standard InChI is InChI=1S/C30H14S4/c1-3-31-25-13-23-21-7-17-5-20-12-30-22(24-14-26-16(2-4-32-26)10-28(24)34-30)8-18(20)6-19(17)11-29(21)33-27(23)9-15(1)25/h1-14H. The van der Waals surface area contributed by atoms with E-state index in [1.165, 1.54) is 82.1 Å². The molecule has 9 aromatic rings. The van der Waals surface area contributed by atoms with Crippen molar-refractivity contribution in [1.82, 2.24) is 0 Å². The van der Waals surface area contributed by atoms with Crippen LogP contribution in [0.25, 0.3) is 82.1 Å². The second kappa shape index (κ2) is 6.35. The summed E-state index contributed by atoms with van der Waals surface area (Å²) in [7, 11) is 0. The molecule has 0 radical (unpaired) electrons. The lowest BCUT2D eigenvalue weighted by Gasteiger charge is -2.04.